The summed E-state index contributed by atoms with van der Waals surface area (Å²) in [6.45, 7) is 6.41. The van der Waals surface area contributed by atoms with Gasteiger partial charge in [0.15, 0.2) is 11.5 Å². The molecule has 0 aliphatic carbocycles. The summed E-state index contributed by atoms with van der Waals surface area (Å²) in [6.07, 6.45) is 1.73. The number of carbonyl (C=O) groups is 1. The van der Waals surface area contributed by atoms with Gasteiger partial charge in [-0.25, -0.2) is 0 Å². The first-order valence-corrected chi connectivity index (χ1v) is 8.58. The number of hydrogen-bond acceptors (Lipinski definition) is 5. The molecule has 0 fully saturated rings. The van der Waals surface area contributed by atoms with Crippen LogP contribution in [0, 0.1) is 13.8 Å². The lowest BCUT2D eigenvalue weighted by Gasteiger charge is -2.14. The highest BCUT2D eigenvalue weighted by atomic mass is 35.5. The Morgan fingerprint density at radius 1 is 1.19 bits per heavy atom. The number of rotatable bonds is 7. The summed E-state index contributed by atoms with van der Waals surface area (Å²) < 4.78 is 16.1. The summed E-state index contributed by atoms with van der Waals surface area (Å²) in [4.78, 5) is 16.9. The molecule has 6 nitrogen and oxygen atoms in total. The van der Waals surface area contributed by atoms with Crippen LogP contribution in [0.15, 0.2) is 18.3 Å². The van der Waals surface area contributed by atoms with Crippen molar-refractivity contribution < 1.29 is 19.0 Å². The maximum absolute atomic E-state index is 12.5. The minimum absolute atomic E-state index is 0.272. The Labute approximate surface area is 158 Å². The monoisotopic (exact) mass is 378 g/mol. The third kappa shape index (κ3) is 4.19. The molecule has 1 heterocycles. The first-order chi connectivity index (χ1) is 12.4. The Bertz CT molecular complexity index is 809. The molecule has 0 aliphatic heterocycles. The SMILES string of the molecule is CCOc1c(Cl)cc(C(=O)NCc2ncc(C)c(OC)c2C)cc1OC. The molecule has 1 amide bonds. The van der Waals surface area contributed by atoms with Gasteiger partial charge in [-0.2, -0.15) is 0 Å². The minimum atomic E-state index is -0.283. The zero-order chi connectivity index (χ0) is 19.3. The van der Waals surface area contributed by atoms with E-state index in [0.717, 1.165) is 22.6 Å². The van der Waals surface area contributed by atoms with Crippen molar-refractivity contribution in [2.75, 3.05) is 20.8 Å². The molecule has 1 aromatic carbocycles. The number of pyridine rings is 1. The molecule has 0 bridgehead atoms. The Morgan fingerprint density at radius 3 is 2.54 bits per heavy atom. The molecule has 2 rings (SSSR count). The van der Waals surface area contributed by atoms with Crippen molar-refractivity contribution in [2.24, 2.45) is 0 Å². The molecular formula is C19H23ClN2O4. The van der Waals surface area contributed by atoms with Crippen molar-refractivity contribution in [1.82, 2.24) is 10.3 Å². The number of nitrogens with one attached hydrogen (secondary N) is 1. The quantitative estimate of drug-likeness (QED) is 0.795. The van der Waals surface area contributed by atoms with Crippen molar-refractivity contribution in [3.63, 3.8) is 0 Å². The van der Waals surface area contributed by atoms with E-state index in [2.05, 4.69) is 10.3 Å². The summed E-state index contributed by atoms with van der Waals surface area (Å²) >= 11 is 6.22. The molecule has 1 aromatic heterocycles. The molecule has 0 unspecified atom stereocenters. The molecule has 0 atom stereocenters. The molecule has 0 saturated carbocycles. The van der Waals surface area contributed by atoms with Crippen LogP contribution >= 0.6 is 11.6 Å². The van der Waals surface area contributed by atoms with Crippen LogP contribution in [-0.2, 0) is 6.54 Å². The fraction of sp³-hybridized carbons (Fsp3) is 0.368. The topological polar surface area (TPSA) is 69.7 Å². The molecule has 2 aromatic rings. The van der Waals surface area contributed by atoms with E-state index in [1.165, 1.54) is 7.11 Å². The van der Waals surface area contributed by atoms with E-state index in [1.807, 2.05) is 20.8 Å². The third-order valence-corrected chi connectivity index (χ3v) is 4.23. The fourth-order valence-electron chi connectivity index (χ4n) is 2.65. The van der Waals surface area contributed by atoms with Gasteiger partial charge in [-0.05, 0) is 32.9 Å². The van der Waals surface area contributed by atoms with Gasteiger partial charge >= 0.3 is 0 Å². The predicted octanol–water partition coefficient (Wildman–Crippen LogP) is 3.70. The Balaban J connectivity index is 2.20. The smallest absolute Gasteiger partial charge is 0.251 e. The fourth-order valence-corrected chi connectivity index (χ4v) is 2.92. The number of methoxy groups -OCH3 is 2. The van der Waals surface area contributed by atoms with Gasteiger partial charge in [0.1, 0.15) is 5.75 Å². The van der Waals surface area contributed by atoms with Crippen molar-refractivity contribution in [1.29, 1.82) is 0 Å². The molecule has 0 aliphatic rings. The largest absolute Gasteiger partial charge is 0.496 e. The van der Waals surface area contributed by atoms with E-state index in [4.69, 9.17) is 25.8 Å². The number of nitrogens with zero attached hydrogens (tertiary/aromatic N) is 1. The van der Waals surface area contributed by atoms with Crippen LogP contribution in [0.3, 0.4) is 0 Å². The van der Waals surface area contributed by atoms with Gasteiger partial charge in [-0.1, -0.05) is 11.6 Å². The average Bonchev–Trinajstić information content (AvgIpc) is 2.62. The Hall–Kier alpha value is -2.47. The Kier molecular flexibility index (Phi) is 6.69. The van der Waals surface area contributed by atoms with E-state index in [0.29, 0.717) is 28.7 Å². The summed E-state index contributed by atoms with van der Waals surface area (Å²) in [5.74, 6) is 1.33. The van der Waals surface area contributed by atoms with Crippen LogP contribution in [0.25, 0.3) is 0 Å². The van der Waals surface area contributed by atoms with Crippen LogP contribution in [0.2, 0.25) is 5.02 Å². The highest BCUT2D eigenvalue weighted by Crippen LogP contribution is 2.36. The van der Waals surface area contributed by atoms with Crippen molar-refractivity contribution in [2.45, 2.75) is 27.3 Å². The first-order valence-electron chi connectivity index (χ1n) is 8.20. The lowest BCUT2D eigenvalue weighted by atomic mass is 10.1. The molecule has 0 spiro atoms. The van der Waals surface area contributed by atoms with Crippen LogP contribution < -0.4 is 19.5 Å². The van der Waals surface area contributed by atoms with E-state index in [9.17, 15) is 4.79 Å². The zero-order valence-electron chi connectivity index (χ0n) is 15.6. The van der Waals surface area contributed by atoms with Crippen molar-refractivity contribution in [3.05, 3.63) is 45.7 Å². The normalized spacial score (nSPS) is 10.4. The summed E-state index contributed by atoms with van der Waals surface area (Å²) in [7, 11) is 3.12. The maximum Gasteiger partial charge on any atom is 0.251 e. The van der Waals surface area contributed by atoms with E-state index in [1.54, 1.807) is 25.4 Å². The Morgan fingerprint density at radius 2 is 1.92 bits per heavy atom. The number of ether oxygens (including phenoxy) is 3. The molecule has 1 N–H and O–H groups in total. The van der Waals surface area contributed by atoms with Gasteiger partial charge in [0.25, 0.3) is 5.91 Å². The van der Waals surface area contributed by atoms with Crippen LogP contribution in [-0.4, -0.2) is 31.7 Å². The number of aryl methyl sites for hydroxylation is 1. The molecular weight excluding hydrogens is 356 g/mol. The predicted molar refractivity (Wildman–Crippen MR) is 101 cm³/mol. The highest BCUT2D eigenvalue weighted by molar-refractivity contribution is 6.32. The van der Waals surface area contributed by atoms with Gasteiger partial charge in [0, 0.05) is 22.9 Å². The summed E-state index contributed by atoms with van der Waals surface area (Å²) in [5, 5.41) is 3.17. The minimum Gasteiger partial charge on any atom is -0.496 e. The van der Waals surface area contributed by atoms with E-state index < -0.39 is 0 Å². The lowest BCUT2D eigenvalue weighted by Crippen LogP contribution is -2.24. The number of halogens is 1. The van der Waals surface area contributed by atoms with Gasteiger partial charge in [-0.3, -0.25) is 9.78 Å². The van der Waals surface area contributed by atoms with Crippen LogP contribution in [0.4, 0.5) is 0 Å². The zero-order valence-corrected chi connectivity index (χ0v) is 16.4. The van der Waals surface area contributed by atoms with Crippen molar-refractivity contribution in [3.8, 4) is 17.2 Å². The number of amides is 1. The van der Waals surface area contributed by atoms with E-state index in [-0.39, 0.29) is 12.5 Å². The van der Waals surface area contributed by atoms with Gasteiger partial charge in [0.2, 0.25) is 0 Å². The summed E-state index contributed by atoms with van der Waals surface area (Å²) in [6, 6.07) is 3.16. The molecule has 26 heavy (non-hydrogen) atoms. The highest BCUT2D eigenvalue weighted by Gasteiger charge is 2.16. The second-order valence-electron chi connectivity index (χ2n) is 5.65. The molecule has 140 valence electrons. The molecule has 0 radical (unpaired) electrons. The summed E-state index contributed by atoms with van der Waals surface area (Å²) in [5.41, 5.74) is 2.97. The molecule has 7 heteroatoms. The van der Waals surface area contributed by atoms with Crippen molar-refractivity contribution >= 4 is 17.5 Å². The first kappa shape index (κ1) is 19.8. The number of aromatic nitrogens is 1. The van der Waals surface area contributed by atoms with Gasteiger partial charge in [0.05, 0.1) is 38.1 Å². The van der Waals surface area contributed by atoms with Crippen LogP contribution in [0.5, 0.6) is 17.2 Å². The number of hydrogen-bond donors (Lipinski definition) is 1. The second kappa shape index (κ2) is 8.76. The third-order valence-electron chi connectivity index (χ3n) is 3.95. The van der Waals surface area contributed by atoms with Gasteiger partial charge < -0.3 is 19.5 Å². The number of benzene rings is 1. The lowest BCUT2D eigenvalue weighted by molar-refractivity contribution is 0.0950. The van der Waals surface area contributed by atoms with Gasteiger partial charge in [-0.15, -0.1) is 0 Å². The standard InChI is InChI=1S/C19H23ClN2O4/c1-6-26-18-14(20)7-13(8-16(18)24-4)19(23)22-10-15-12(3)17(25-5)11(2)9-21-15/h7-9H,6,10H2,1-5H3,(H,22,23). The van der Waals surface area contributed by atoms with E-state index >= 15 is 0 Å². The second-order valence-corrected chi connectivity index (χ2v) is 6.06. The number of carbonyl (C=O) groups excluding carboxylic acids is 1. The molecule has 0 saturated heterocycles. The van der Waals surface area contributed by atoms with Crippen LogP contribution in [0.1, 0.15) is 34.1 Å². The maximum atomic E-state index is 12.5. The average molecular weight is 379 g/mol.